The van der Waals surface area contributed by atoms with Crippen LogP contribution in [0.2, 0.25) is 5.02 Å². The summed E-state index contributed by atoms with van der Waals surface area (Å²) in [5, 5.41) is 14.2. The molecule has 1 aromatic rings. The summed E-state index contributed by atoms with van der Waals surface area (Å²) in [6, 6.07) is 6.22. The quantitative estimate of drug-likeness (QED) is 0.161. The van der Waals surface area contributed by atoms with Gasteiger partial charge in [0.2, 0.25) is 0 Å². The van der Waals surface area contributed by atoms with Crippen LogP contribution in [-0.2, 0) is 32.2 Å². The summed E-state index contributed by atoms with van der Waals surface area (Å²) in [7, 11) is 4.18. The lowest BCUT2D eigenvalue weighted by Crippen LogP contribution is -2.65. The van der Waals surface area contributed by atoms with Crippen LogP contribution in [-0.4, -0.2) is 54.5 Å². The van der Waals surface area contributed by atoms with Gasteiger partial charge in [0, 0.05) is 35.4 Å². The molecule has 5 aliphatic rings. The second kappa shape index (κ2) is 14.9. The molecule has 6 rings (SSSR count). The molecule has 8 atom stereocenters. The molecule has 5 aliphatic carbocycles. The summed E-state index contributed by atoms with van der Waals surface area (Å²) in [6.45, 7) is 22.6. The van der Waals surface area contributed by atoms with E-state index in [9.17, 15) is 19.5 Å². The van der Waals surface area contributed by atoms with E-state index in [1.165, 1.54) is 23.1 Å². The van der Waals surface area contributed by atoms with E-state index in [0.717, 1.165) is 81.6 Å². The Morgan fingerprint density at radius 2 is 1.67 bits per heavy atom. The van der Waals surface area contributed by atoms with Crippen LogP contribution in [0.5, 0.6) is 0 Å². The van der Waals surface area contributed by atoms with Crippen LogP contribution in [0.15, 0.2) is 29.3 Å². The van der Waals surface area contributed by atoms with Crippen molar-refractivity contribution in [3.63, 3.8) is 0 Å². The van der Waals surface area contributed by atoms with Crippen molar-refractivity contribution in [1.29, 1.82) is 0 Å². The lowest BCUT2D eigenvalue weighted by atomic mass is 9.33. The smallest absolute Gasteiger partial charge is 0.309 e. The van der Waals surface area contributed by atoms with Crippen LogP contribution in [0, 0.1) is 56.2 Å². The number of nitrogens with one attached hydrogen (secondary N) is 1. The van der Waals surface area contributed by atoms with E-state index in [2.05, 4.69) is 84.9 Å². The Bertz CT molecular complexity index is 1710. The Morgan fingerprint density at radius 1 is 0.964 bits per heavy atom. The molecule has 306 valence electrons. The molecule has 4 saturated carbocycles. The summed E-state index contributed by atoms with van der Waals surface area (Å²) >= 11 is 6.39. The number of Topliss-reactive ketones (excluding diaryl/α,β-unsaturated/α-hetero) is 1. The highest BCUT2D eigenvalue weighted by molar-refractivity contribution is 6.30. The van der Waals surface area contributed by atoms with Gasteiger partial charge in [-0.3, -0.25) is 14.4 Å². The molecule has 8 heteroatoms. The SMILES string of the molecule is CC(C)C1=C2C3CC[C@@H]4C5(C)CC[C@H](OC(=O)CC(C)(C)C(=O)O)C(C)(C)[C@@H]5CCC4(C)[C@]3(C)CC[C@@]2(CCNCc2ccc(Cl)cc2CN(C)C)CC1=O. The zero-order chi connectivity index (χ0) is 40.5. The van der Waals surface area contributed by atoms with Crippen molar-refractivity contribution in [1.82, 2.24) is 10.2 Å². The molecule has 0 bridgehead atoms. The first-order valence-electron chi connectivity index (χ1n) is 21.4. The Labute approximate surface area is 337 Å². The predicted octanol–water partition coefficient (Wildman–Crippen LogP) is 10.3. The number of allylic oxidation sites excluding steroid dienone is 2. The van der Waals surface area contributed by atoms with E-state index in [0.29, 0.717) is 30.0 Å². The third-order valence-corrected chi connectivity index (χ3v) is 16.9. The third kappa shape index (κ3) is 7.17. The minimum atomic E-state index is -1.15. The van der Waals surface area contributed by atoms with Gasteiger partial charge in [0.15, 0.2) is 5.78 Å². The maximum Gasteiger partial charge on any atom is 0.309 e. The number of hydrogen-bond acceptors (Lipinski definition) is 6. The van der Waals surface area contributed by atoms with Crippen LogP contribution in [0.4, 0.5) is 0 Å². The van der Waals surface area contributed by atoms with Crippen molar-refractivity contribution < 1.29 is 24.2 Å². The molecule has 0 amide bonds. The van der Waals surface area contributed by atoms with Crippen LogP contribution < -0.4 is 5.32 Å². The number of fused-ring (bicyclic) bond motifs is 7. The van der Waals surface area contributed by atoms with Gasteiger partial charge in [-0.15, -0.1) is 0 Å². The highest BCUT2D eigenvalue weighted by Crippen LogP contribution is 2.77. The molecule has 0 aliphatic heterocycles. The number of ketones is 1. The summed E-state index contributed by atoms with van der Waals surface area (Å²) in [4.78, 5) is 41.2. The van der Waals surface area contributed by atoms with Crippen molar-refractivity contribution in [3.8, 4) is 0 Å². The molecule has 0 heterocycles. The van der Waals surface area contributed by atoms with Gasteiger partial charge in [-0.05, 0) is 161 Å². The largest absolute Gasteiger partial charge is 0.481 e. The monoisotopic (exact) mass is 779 g/mol. The Kier molecular flexibility index (Phi) is 11.5. The van der Waals surface area contributed by atoms with E-state index in [1.807, 2.05) is 6.07 Å². The minimum Gasteiger partial charge on any atom is -0.481 e. The molecule has 1 aromatic carbocycles. The Hall–Kier alpha value is -2.22. The van der Waals surface area contributed by atoms with Crippen LogP contribution in [0.25, 0.3) is 0 Å². The molecule has 3 unspecified atom stereocenters. The number of nitrogens with zero attached hydrogens (tertiary/aromatic N) is 1. The van der Waals surface area contributed by atoms with E-state index < -0.39 is 17.4 Å². The average molecular weight is 780 g/mol. The van der Waals surface area contributed by atoms with Crippen molar-refractivity contribution in [3.05, 3.63) is 45.5 Å². The van der Waals surface area contributed by atoms with Crippen molar-refractivity contribution in [2.45, 2.75) is 152 Å². The first kappa shape index (κ1) is 42.4. The number of carboxylic acids is 1. The lowest BCUT2D eigenvalue weighted by Gasteiger charge is -2.72. The molecule has 0 saturated heterocycles. The number of carbonyl (C=O) groups is 3. The number of carbonyl (C=O) groups excluding carboxylic acids is 2. The van der Waals surface area contributed by atoms with Crippen molar-refractivity contribution in [2.75, 3.05) is 20.6 Å². The molecule has 0 spiro atoms. The number of halogens is 1. The molecular weight excluding hydrogens is 708 g/mol. The van der Waals surface area contributed by atoms with E-state index in [-0.39, 0.29) is 45.5 Å². The minimum absolute atomic E-state index is 0.0657. The zero-order valence-corrected chi connectivity index (χ0v) is 36.7. The van der Waals surface area contributed by atoms with Gasteiger partial charge in [0.25, 0.3) is 0 Å². The van der Waals surface area contributed by atoms with E-state index in [1.54, 1.807) is 13.8 Å². The second-order valence-corrected chi connectivity index (χ2v) is 21.7. The number of benzene rings is 1. The molecule has 55 heavy (non-hydrogen) atoms. The van der Waals surface area contributed by atoms with Gasteiger partial charge >= 0.3 is 11.9 Å². The normalized spacial score (nSPS) is 35.6. The highest BCUT2D eigenvalue weighted by atomic mass is 35.5. The van der Waals surface area contributed by atoms with Crippen molar-refractivity contribution in [2.24, 2.45) is 56.2 Å². The van der Waals surface area contributed by atoms with E-state index in [4.69, 9.17) is 16.3 Å². The number of ether oxygens (including phenoxy) is 1. The number of rotatable bonds is 12. The first-order valence-corrected chi connectivity index (χ1v) is 21.7. The summed E-state index contributed by atoms with van der Waals surface area (Å²) in [5.41, 5.74) is 4.13. The molecule has 0 aromatic heterocycles. The number of aliphatic carboxylic acids is 1. The average Bonchev–Trinajstić information content (AvgIpc) is 3.37. The zero-order valence-electron chi connectivity index (χ0n) is 35.9. The number of hydrogen-bond donors (Lipinski definition) is 2. The maximum atomic E-state index is 14.1. The predicted molar refractivity (Wildman–Crippen MR) is 221 cm³/mol. The lowest BCUT2D eigenvalue weighted by molar-refractivity contribution is -0.233. The Balaban J connectivity index is 1.22. The molecular formula is C47H71ClN2O5. The highest BCUT2D eigenvalue weighted by Gasteiger charge is 2.70. The third-order valence-electron chi connectivity index (χ3n) is 16.7. The topological polar surface area (TPSA) is 95.9 Å². The van der Waals surface area contributed by atoms with Crippen LogP contribution in [0.3, 0.4) is 0 Å². The standard InChI is InChI=1S/C47H71ClN2O5/c1-29(2)39-34(51)25-47(22-23-49-27-30-12-13-32(48)24-31(30)28-50(10)11)21-20-45(8)33(40(39)47)14-15-36-44(7)18-17-37(55-38(52)26-42(3,4)41(53)54)43(5,6)35(44)16-19-46(36,45)9/h12-13,24,29,33,35-37,49H,14-23,25-28H2,1-11H3,(H,53,54)/t33?,35-,36+,37-,44?,45+,46?,47+/m0/s1. The van der Waals surface area contributed by atoms with Gasteiger partial charge in [-0.2, -0.15) is 0 Å². The van der Waals surface area contributed by atoms with Gasteiger partial charge in [-0.25, -0.2) is 0 Å². The fourth-order valence-corrected chi connectivity index (χ4v) is 13.9. The molecule has 0 radical (unpaired) electrons. The summed E-state index contributed by atoms with van der Waals surface area (Å²) in [5.74, 6) is 0.607. The molecule has 2 N–H and O–H groups in total. The fourth-order valence-electron chi connectivity index (χ4n) is 13.7. The van der Waals surface area contributed by atoms with Gasteiger partial charge < -0.3 is 20.1 Å². The van der Waals surface area contributed by atoms with Crippen LogP contribution >= 0.6 is 11.6 Å². The number of carboxylic acid groups (broad SMARTS) is 1. The van der Waals surface area contributed by atoms with Crippen molar-refractivity contribution >= 4 is 29.3 Å². The Morgan fingerprint density at radius 3 is 2.33 bits per heavy atom. The molecule has 4 fully saturated rings. The summed E-state index contributed by atoms with van der Waals surface area (Å²) in [6.07, 6.45) is 9.91. The second-order valence-electron chi connectivity index (χ2n) is 21.3. The fraction of sp³-hybridized carbons (Fsp3) is 0.766. The van der Waals surface area contributed by atoms with E-state index >= 15 is 0 Å². The maximum absolute atomic E-state index is 14.1. The van der Waals surface area contributed by atoms with Gasteiger partial charge in [0.05, 0.1) is 11.8 Å². The van der Waals surface area contributed by atoms with Gasteiger partial charge in [0.1, 0.15) is 6.10 Å². The number of esters is 1. The summed E-state index contributed by atoms with van der Waals surface area (Å²) < 4.78 is 6.19. The first-order chi connectivity index (χ1) is 25.5. The van der Waals surface area contributed by atoms with Crippen LogP contribution in [0.1, 0.15) is 144 Å². The van der Waals surface area contributed by atoms with Gasteiger partial charge in [-0.1, -0.05) is 71.7 Å². The molecule has 7 nitrogen and oxygen atoms in total.